The quantitative estimate of drug-likeness (QED) is 0.505. The van der Waals surface area contributed by atoms with Gasteiger partial charge in [-0.05, 0) is 19.1 Å². The van der Waals surface area contributed by atoms with Crippen LogP contribution >= 0.6 is 23.2 Å². The number of nitrogens with one attached hydrogen (secondary N) is 1. The summed E-state index contributed by atoms with van der Waals surface area (Å²) in [7, 11) is 2.87. The number of carbonyl (C=O) groups is 1. The van der Waals surface area contributed by atoms with Crippen molar-refractivity contribution in [1.82, 2.24) is 24.1 Å². The van der Waals surface area contributed by atoms with Gasteiger partial charge in [-0.15, -0.1) is 0 Å². The molecule has 0 spiro atoms. The molecule has 0 saturated heterocycles. The van der Waals surface area contributed by atoms with Gasteiger partial charge in [0.2, 0.25) is 0 Å². The molecule has 0 aliphatic rings. The van der Waals surface area contributed by atoms with Crippen molar-refractivity contribution in [3.8, 4) is 0 Å². The van der Waals surface area contributed by atoms with Gasteiger partial charge >= 0.3 is 5.69 Å². The van der Waals surface area contributed by atoms with E-state index in [1.165, 1.54) is 29.6 Å². The highest BCUT2D eigenvalue weighted by Gasteiger charge is 2.16. The predicted octanol–water partition coefficient (Wildman–Crippen LogP) is 1.28. The van der Waals surface area contributed by atoms with Gasteiger partial charge in [-0.3, -0.25) is 18.7 Å². The first-order chi connectivity index (χ1) is 13.2. The minimum atomic E-state index is -0.531. The summed E-state index contributed by atoms with van der Waals surface area (Å²) >= 11 is 12.0. The molecule has 146 valence electrons. The third kappa shape index (κ3) is 3.58. The fourth-order valence-corrected chi connectivity index (χ4v) is 3.24. The number of rotatable bonds is 4. The smallest absolute Gasteiger partial charge is 0.315 e. The van der Waals surface area contributed by atoms with E-state index in [1.807, 2.05) is 0 Å². The van der Waals surface area contributed by atoms with E-state index in [0.717, 1.165) is 4.57 Å². The van der Waals surface area contributed by atoms with Crippen LogP contribution in [0.4, 0.5) is 0 Å². The van der Waals surface area contributed by atoms with E-state index in [1.54, 1.807) is 25.1 Å². The van der Waals surface area contributed by atoms with Gasteiger partial charge in [0.15, 0.2) is 11.2 Å². The van der Waals surface area contributed by atoms with Crippen LogP contribution in [0.15, 0.2) is 39.2 Å². The number of hydrogen-bond acceptors (Lipinski definition) is 5. The first-order valence-corrected chi connectivity index (χ1v) is 8.85. The molecule has 0 aliphatic carbocycles. The molecule has 0 atom stereocenters. The van der Waals surface area contributed by atoms with Crippen LogP contribution in [0.25, 0.3) is 11.2 Å². The zero-order valence-electron chi connectivity index (χ0n) is 15.2. The molecule has 11 heteroatoms. The molecule has 3 rings (SSSR count). The lowest BCUT2D eigenvalue weighted by atomic mass is 10.1. The lowest BCUT2D eigenvalue weighted by Gasteiger charge is -2.07. The highest BCUT2D eigenvalue weighted by Crippen LogP contribution is 2.21. The molecule has 0 radical (unpaired) electrons. The minimum Gasteiger partial charge on any atom is -0.315 e. The fraction of sp³-hybridized carbons (Fsp3) is 0.235. The maximum absolute atomic E-state index is 12.4. The third-order valence-corrected chi connectivity index (χ3v) is 4.75. The van der Waals surface area contributed by atoms with Crippen molar-refractivity contribution >= 4 is 46.0 Å². The standard InChI is InChI=1S/C17H16Cl2N6O3/c1-9(11-5-4-10(18)6-12(11)19)21-22-13(26)7-25-8-20-15-14(25)16(27)24(3)17(28)23(15)2/h4-6,8H,7H2,1-3H3,(H,22,26)/b21-9+. The summed E-state index contributed by atoms with van der Waals surface area (Å²) in [5.74, 6) is -0.473. The van der Waals surface area contributed by atoms with Crippen molar-refractivity contribution in [2.75, 3.05) is 0 Å². The molecular weight excluding hydrogens is 407 g/mol. The summed E-state index contributed by atoms with van der Waals surface area (Å²) in [4.78, 5) is 40.7. The monoisotopic (exact) mass is 422 g/mol. The molecule has 1 amide bonds. The van der Waals surface area contributed by atoms with Crippen molar-refractivity contribution in [3.63, 3.8) is 0 Å². The second-order valence-corrected chi connectivity index (χ2v) is 6.95. The third-order valence-electron chi connectivity index (χ3n) is 4.20. The molecule has 0 fully saturated rings. The Bertz CT molecular complexity index is 1240. The zero-order valence-corrected chi connectivity index (χ0v) is 16.7. The van der Waals surface area contributed by atoms with Gasteiger partial charge in [-0.2, -0.15) is 5.10 Å². The van der Waals surface area contributed by atoms with Gasteiger partial charge in [-0.1, -0.05) is 29.3 Å². The average molecular weight is 423 g/mol. The van der Waals surface area contributed by atoms with E-state index in [9.17, 15) is 14.4 Å². The number of imidazole rings is 1. The van der Waals surface area contributed by atoms with Crippen molar-refractivity contribution < 1.29 is 4.79 Å². The Kier molecular flexibility index (Phi) is 5.39. The number of aryl methyl sites for hydroxylation is 1. The number of hydrogen-bond donors (Lipinski definition) is 1. The van der Waals surface area contributed by atoms with E-state index in [-0.39, 0.29) is 17.7 Å². The number of nitrogens with zero attached hydrogens (tertiary/aromatic N) is 5. The Morgan fingerprint density at radius 2 is 1.93 bits per heavy atom. The SMILES string of the molecule is C/C(=N\NC(=O)Cn1cnc2c1c(=O)n(C)c(=O)n2C)c1ccc(Cl)cc1Cl. The lowest BCUT2D eigenvalue weighted by Crippen LogP contribution is -2.38. The van der Waals surface area contributed by atoms with Crippen LogP contribution < -0.4 is 16.7 Å². The van der Waals surface area contributed by atoms with Crippen LogP contribution in [0, 0.1) is 0 Å². The fourth-order valence-electron chi connectivity index (χ4n) is 2.70. The number of halogens is 2. The maximum Gasteiger partial charge on any atom is 0.332 e. The molecule has 2 aromatic heterocycles. The molecule has 1 aromatic carbocycles. The molecule has 0 bridgehead atoms. The number of fused-ring (bicyclic) bond motifs is 1. The molecule has 2 heterocycles. The number of carbonyl (C=O) groups excluding carboxylic acids is 1. The molecule has 28 heavy (non-hydrogen) atoms. The van der Waals surface area contributed by atoms with Gasteiger partial charge in [-0.25, -0.2) is 15.2 Å². The molecule has 0 saturated carbocycles. The van der Waals surface area contributed by atoms with Gasteiger partial charge in [0.1, 0.15) is 6.54 Å². The Balaban J connectivity index is 1.84. The molecule has 3 aromatic rings. The molecule has 0 aliphatic heterocycles. The van der Waals surface area contributed by atoms with Gasteiger partial charge < -0.3 is 4.57 Å². The first-order valence-electron chi connectivity index (χ1n) is 8.10. The van der Waals surface area contributed by atoms with Crippen LogP contribution in [0.2, 0.25) is 10.0 Å². The summed E-state index contributed by atoms with van der Waals surface area (Å²) in [5, 5.41) is 4.94. The van der Waals surface area contributed by atoms with Crippen LogP contribution in [-0.4, -0.2) is 30.3 Å². The van der Waals surface area contributed by atoms with Crippen LogP contribution in [-0.2, 0) is 25.4 Å². The normalized spacial score (nSPS) is 11.8. The second kappa shape index (κ2) is 7.61. The number of hydrazone groups is 1. The molecular formula is C17H16Cl2N6O3. The van der Waals surface area contributed by atoms with E-state index >= 15 is 0 Å². The highest BCUT2D eigenvalue weighted by atomic mass is 35.5. The molecule has 1 N–H and O–H groups in total. The van der Waals surface area contributed by atoms with Crippen LogP contribution in [0.5, 0.6) is 0 Å². The Morgan fingerprint density at radius 1 is 1.21 bits per heavy atom. The molecule has 9 nitrogen and oxygen atoms in total. The summed E-state index contributed by atoms with van der Waals surface area (Å²) in [6.45, 7) is 1.49. The van der Waals surface area contributed by atoms with Crippen LogP contribution in [0.1, 0.15) is 12.5 Å². The second-order valence-electron chi connectivity index (χ2n) is 6.11. The van der Waals surface area contributed by atoms with E-state index in [0.29, 0.717) is 21.3 Å². The number of amides is 1. The topological polar surface area (TPSA) is 103 Å². The number of aromatic nitrogens is 4. The highest BCUT2D eigenvalue weighted by molar-refractivity contribution is 6.37. The lowest BCUT2D eigenvalue weighted by molar-refractivity contribution is -0.121. The Morgan fingerprint density at radius 3 is 2.61 bits per heavy atom. The van der Waals surface area contributed by atoms with E-state index in [2.05, 4.69) is 15.5 Å². The molecule has 0 unspecified atom stereocenters. The zero-order chi connectivity index (χ0) is 20.6. The van der Waals surface area contributed by atoms with Crippen molar-refractivity contribution in [2.45, 2.75) is 13.5 Å². The first kappa shape index (κ1) is 19.8. The van der Waals surface area contributed by atoms with Gasteiger partial charge in [0.25, 0.3) is 11.5 Å². The van der Waals surface area contributed by atoms with E-state index in [4.69, 9.17) is 23.2 Å². The summed E-state index contributed by atoms with van der Waals surface area (Å²) < 4.78 is 3.58. The minimum absolute atomic E-state index is 0.154. The van der Waals surface area contributed by atoms with Gasteiger partial charge in [0, 0.05) is 24.7 Å². The maximum atomic E-state index is 12.4. The summed E-state index contributed by atoms with van der Waals surface area (Å²) in [6.07, 6.45) is 1.33. The van der Waals surface area contributed by atoms with E-state index < -0.39 is 17.2 Å². The summed E-state index contributed by atoms with van der Waals surface area (Å²) in [6, 6.07) is 4.95. The average Bonchev–Trinajstić information content (AvgIpc) is 3.06. The Labute approximate surface area is 168 Å². The van der Waals surface area contributed by atoms with Gasteiger partial charge in [0.05, 0.1) is 17.1 Å². The van der Waals surface area contributed by atoms with Crippen molar-refractivity contribution in [1.29, 1.82) is 0 Å². The Hall–Kier alpha value is -2.91. The largest absolute Gasteiger partial charge is 0.332 e. The van der Waals surface area contributed by atoms with Crippen LogP contribution in [0.3, 0.4) is 0 Å². The van der Waals surface area contributed by atoms with Crippen molar-refractivity contribution in [2.24, 2.45) is 19.2 Å². The number of benzene rings is 1. The summed E-state index contributed by atoms with van der Waals surface area (Å²) in [5.41, 5.74) is 2.87. The van der Waals surface area contributed by atoms with Crippen molar-refractivity contribution in [3.05, 3.63) is 61.0 Å². The predicted molar refractivity (Wildman–Crippen MR) is 107 cm³/mol.